The van der Waals surface area contributed by atoms with E-state index in [4.69, 9.17) is 11.6 Å². The van der Waals surface area contributed by atoms with E-state index in [1.807, 2.05) is 7.05 Å². The van der Waals surface area contributed by atoms with Crippen LogP contribution < -0.4 is 4.90 Å². The summed E-state index contributed by atoms with van der Waals surface area (Å²) in [5, 5.41) is 5.32. The molecule has 1 saturated heterocycles. The zero-order chi connectivity index (χ0) is 18.3. The SMILES string of the molecule is Cn1ncc2c(N3CCN(S(=O)(=O)c4ccccc4Cl)CC3)ncnc21. The Kier molecular flexibility index (Phi) is 4.29. The van der Waals surface area contributed by atoms with Crippen molar-refractivity contribution in [3.05, 3.63) is 41.8 Å². The van der Waals surface area contributed by atoms with Crippen molar-refractivity contribution in [3.63, 3.8) is 0 Å². The fourth-order valence-corrected chi connectivity index (χ4v) is 5.05. The van der Waals surface area contributed by atoms with Gasteiger partial charge in [0.2, 0.25) is 10.0 Å². The van der Waals surface area contributed by atoms with Crippen molar-refractivity contribution in [2.24, 2.45) is 7.05 Å². The van der Waals surface area contributed by atoms with Crippen molar-refractivity contribution in [2.75, 3.05) is 31.1 Å². The average molecular weight is 393 g/mol. The van der Waals surface area contributed by atoms with Crippen LogP contribution in [0.2, 0.25) is 5.02 Å². The molecule has 0 saturated carbocycles. The van der Waals surface area contributed by atoms with Gasteiger partial charge < -0.3 is 4.90 Å². The zero-order valence-electron chi connectivity index (χ0n) is 14.1. The fourth-order valence-electron chi connectivity index (χ4n) is 3.13. The second-order valence-electron chi connectivity index (χ2n) is 6.02. The molecule has 0 unspecified atom stereocenters. The molecule has 3 aromatic rings. The van der Waals surface area contributed by atoms with Crippen LogP contribution in [-0.2, 0) is 17.1 Å². The van der Waals surface area contributed by atoms with Crippen LogP contribution in [0.15, 0.2) is 41.7 Å². The molecule has 136 valence electrons. The topological polar surface area (TPSA) is 84.2 Å². The third-order valence-corrected chi connectivity index (χ3v) is 6.90. The van der Waals surface area contributed by atoms with Gasteiger partial charge in [0.1, 0.15) is 17.0 Å². The highest BCUT2D eigenvalue weighted by atomic mass is 35.5. The van der Waals surface area contributed by atoms with E-state index in [9.17, 15) is 8.42 Å². The number of nitrogens with zero attached hydrogens (tertiary/aromatic N) is 6. The van der Waals surface area contributed by atoms with Gasteiger partial charge in [-0.3, -0.25) is 4.68 Å². The molecule has 0 amide bonds. The summed E-state index contributed by atoms with van der Waals surface area (Å²) in [5.41, 5.74) is 0.751. The van der Waals surface area contributed by atoms with Gasteiger partial charge in [0.25, 0.3) is 0 Å². The van der Waals surface area contributed by atoms with Gasteiger partial charge >= 0.3 is 0 Å². The Morgan fingerprint density at radius 1 is 1.08 bits per heavy atom. The van der Waals surface area contributed by atoms with Crippen LogP contribution in [0.3, 0.4) is 0 Å². The number of aromatic nitrogens is 4. The standard InChI is InChI=1S/C16H17ClN6O2S/c1-21-15-12(10-20-21)16(19-11-18-15)22-6-8-23(9-7-22)26(24,25)14-5-3-2-4-13(14)17/h2-5,10-11H,6-9H2,1H3. The van der Waals surface area contributed by atoms with Gasteiger partial charge in [0, 0.05) is 33.2 Å². The number of piperazine rings is 1. The molecular formula is C16H17ClN6O2S. The first-order valence-electron chi connectivity index (χ1n) is 8.11. The van der Waals surface area contributed by atoms with Crippen molar-refractivity contribution < 1.29 is 8.42 Å². The average Bonchev–Trinajstić information content (AvgIpc) is 3.03. The van der Waals surface area contributed by atoms with Crippen LogP contribution in [0.1, 0.15) is 0 Å². The normalized spacial score (nSPS) is 16.3. The number of rotatable bonds is 3. The summed E-state index contributed by atoms with van der Waals surface area (Å²) in [4.78, 5) is 10.8. The fraction of sp³-hybridized carbons (Fsp3) is 0.312. The second kappa shape index (κ2) is 6.49. The first-order chi connectivity index (χ1) is 12.5. The van der Waals surface area contributed by atoms with Gasteiger partial charge in [0.05, 0.1) is 16.6 Å². The van der Waals surface area contributed by atoms with Crippen LogP contribution in [-0.4, -0.2) is 58.7 Å². The number of benzene rings is 1. The molecular weight excluding hydrogens is 376 g/mol. The molecule has 26 heavy (non-hydrogen) atoms. The Morgan fingerprint density at radius 2 is 1.81 bits per heavy atom. The molecule has 1 aliphatic heterocycles. The summed E-state index contributed by atoms with van der Waals surface area (Å²) in [6.07, 6.45) is 3.24. The minimum absolute atomic E-state index is 0.145. The first kappa shape index (κ1) is 17.2. The van der Waals surface area contributed by atoms with E-state index in [-0.39, 0.29) is 9.92 Å². The molecule has 2 aromatic heterocycles. The number of halogens is 1. The van der Waals surface area contributed by atoms with Crippen molar-refractivity contribution in [3.8, 4) is 0 Å². The summed E-state index contributed by atoms with van der Waals surface area (Å²) < 4.78 is 28.9. The molecule has 0 atom stereocenters. The lowest BCUT2D eigenvalue weighted by Gasteiger charge is -2.34. The third-order valence-electron chi connectivity index (χ3n) is 4.50. The first-order valence-corrected chi connectivity index (χ1v) is 9.92. The highest BCUT2D eigenvalue weighted by Crippen LogP contribution is 2.27. The van der Waals surface area contributed by atoms with Gasteiger partial charge in [-0.2, -0.15) is 9.40 Å². The van der Waals surface area contributed by atoms with Crippen molar-refractivity contribution in [2.45, 2.75) is 4.90 Å². The summed E-state index contributed by atoms with van der Waals surface area (Å²) >= 11 is 6.08. The number of fused-ring (bicyclic) bond motifs is 1. The van der Waals surface area contributed by atoms with E-state index < -0.39 is 10.0 Å². The number of anilines is 1. The molecule has 0 N–H and O–H groups in total. The van der Waals surface area contributed by atoms with Gasteiger partial charge in [-0.05, 0) is 12.1 Å². The quantitative estimate of drug-likeness (QED) is 0.672. The van der Waals surface area contributed by atoms with Gasteiger partial charge in [-0.1, -0.05) is 23.7 Å². The third kappa shape index (κ3) is 2.81. The molecule has 3 heterocycles. The maximum absolute atomic E-state index is 12.9. The van der Waals surface area contributed by atoms with Gasteiger partial charge in [0.15, 0.2) is 5.65 Å². The number of hydrogen-bond donors (Lipinski definition) is 0. The molecule has 1 fully saturated rings. The molecule has 0 radical (unpaired) electrons. The summed E-state index contributed by atoms with van der Waals surface area (Å²) in [6.45, 7) is 1.79. The lowest BCUT2D eigenvalue weighted by atomic mass is 10.3. The molecule has 4 rings (SSSR count). The van der Waals surface area contributed by atoms with E-state index in [0.717, 1.165) is 16.9 Å². The number of hydrogen-bond acceptors (Lipinski definition) is 6. The van der Waals surface area contributed by atoms with Gasteiger partial charge in [-0.15, -0.1) is 0 Å². The zero-order valence-corrected chi connectivity index (χ0v) is 15.7. The van der Waals surface area contributed by atoms with Crippen LogP contribution in [0.25, 0.3) is 11.0 Å². The van der Waals surface area contributed by atoms with E-state index in [1.54, 1.807) is 29.1 Å². The Bertz CT molecular complexity index is 1060. The monoisotopic (exact) mass is 392 g/mol. The second-order valence-corrected chi connectivity index (χ2v) is 8.34. The van der Waals surface area contributed by atoms with E-state index >= 15 is 0 Å². The van der Waals surface area contributed by atoms with E-state index in [0.29, 0.717) is 26.2 Å². The van der Waals surface area contributed by atoms with Crippen LogP contribution in [0.4, 0.5) is 5.82 Å². The van der Waals surface area contributed by atoms with Crippen LogP contribution >= 0.6 is 11.6 Å². The minimum atomic E-state index is -3.61. The highest BCUT2D eigenvalue weighted by molar-refractivity contribution is 7.89. The summed E-state index contributed by atoms with van der Waals surface area (Å²) in [5.74, 6) is 0.776. The summed E-state index contributed by atoms with van der Waals surface area (Å²) in [7, 11) is -1.78. The number of aryl methyl sites for hydroxylation is 1. The lowest BCUT2D eigenvalue weighted by Crippen LogP contribution is -2.49. The van der Waals surface area contributed by atoms with Crippen LogP contribution in [0, 0.1) is 0 Å². The Morgan fingerprint density at radius 3 is 2.54 bits per heavy atom. The smallest absolute Gasteiger partial charge is 0.244 e. The maximum atomic E-state index is 12.9. The predicted molar refractivity (Wildman–Crippen MR) is 98.7 cm³/mol. The Hall–Kier alpha value is -2.23. The largest absolute Gasteiger partial charge is 0.353 e. The van der Waals surface area contributed by atoms with Crippen molar-refractivity contribution >= 4 is 38.5 Å². The van der Waals surface area contributed by atoms with E-state index in [1.165, 1.54) is 16.7 Å². The minimum Gasteiger partial charge on any atom is -0.353 e. The Labute approximate surface area is 156 Å². The van der Waals surface area contributed by atoms with Crippen molar-refractivity contribution in [1.82, 2.24) is 24.1 Å². The molecule has 1 aromatic carbocycles. The Balaban J connectivity index is 1.57. The molecule has 0 aliphatic carbocycles. The molecule has 8 nitrogen and oxygen atoms in total. The van der Waals surface area contributed by atoms with Gasteiger partial charge in [-0.25, -0.2) is 18.4 Å². The molecule has 10 heteroatoms. The van der Waals surface area contributed by atoms with Crippen molar-refractivity contribution in [1.29, 1.82) is 0 Å². The molecule has 1 aliphatic rings. The van der Waals surface area contributed by atoms with Crippen LogP contribution in [0.5, 0.6) is 0 Å². The highest BCUT2D eigenvalue weighted by Gasteiger charge is 2.30. The summed E-state index contributed by atoms with van der Waals surface area (Å²) in [6, 6.07) is 6.51. The molecule has 0 bridgehead atoms. The lowest BCUT2D eigenvalue weighted by molar-refractivity contribution is 0.384. The maximum Gasteiger partial charge on any atom is 0.244 e. The van der Waals surface area contributed by atoms with E-state index in [2.05, 4.69) is 20.0 Å². The number of sulfonamides is 1. The molecule has 0 spiro atoms. The predicted octanol–water partition coefficient (Wildman–Crippen LogP) is 1.53.